The van der Waals surface area contributed by atoms with Crippen molar-refractivity contribution < 1.29 is 71.4 Å². The van der Waals surface area contributed by atoms with Gasteiger partial charge in [-0.2, -0.15) is 0 Å². The second-order valence-corrected chi connectivity index (χ2v) is 8.22. The molecule has 1 saturated heterocycles. The van der Waals surface area contributed by atoms with Crippen LogP contribution in [-0.2, 0) is 71.4 Å². The summed E-state index contributed by atoms with van der Waals surface area (Å²) in [6.45, 7) is 6.89. The molecule has 8 atom stereocenters. The topological polar surface area (TPSA) is 185 Å². The van der Waals surface area contributed by atoms with Crippen LogP contribution < -0.4 is 0 Å². The predicted octanol–water partition coefficient (Wildman–Crippen LogP) is -0.180. The maximum atomic E-state index is 12.3. The third kappa shape index (κ3) is 8.14. The third-order valence-corrected chi connectivity index (χ3v) is 5.05. The standard InChI is InChI=1S/C23H30O15/c1-9-17(33-11(3)25)19(35-13(5)27)20(23(31-9)36-14(6)28)38-22-18(34-12(4)26)15(32-10(2)24)8-16(37-22)21(29)30-7/h8-9,15,17-20,22-23H,1-7H3/t9-,15-,17-,18+,19+,20+,22+,23+/m0/s1. The van der Waals surface area contributed by atoms with Gasteiger partial charge in [-0.3, -0.25) is 24.0 Å². The van der Waals surface area contributed by atoms with Crippen LogP contribution in [0.15, 0.2) is 11.8 Å². The van der Waals surface area contributed by atoms with Crippen molar-refractivity contribution in [3.8, 4) is 0 Å². The molecule has 15 nitrogen and oxygen atoms in total. The van der Waals surface area contributed by atoms with E-state index in [-0.39, 0.29) is 0 Å². The molecule has 0 amide bonds. The highest BCUT2D eigenvalue weighted by Crippen LogP contribution is 2.33. The van der Waals surface area contributed by atoms with E-state index >= 15 is 0 Å². The molecule has 0 bridgehead atoms. The van der Waals surface area contributed by atoms with Crippen LogP contribution in [0.25, 0.3) is 0 Å². The quantitative estimate of drug-likeness (QED) is 0.288. The Morgan fingerprint density at radius 2 is 1.16 bits per heavy atom. The summed E-state index contributed by atoms with van der Waals surface area (Å²) in [7, 11) is 1.06. The summed E-state index contributed by atoms with van der Waals surface area (Å²) in [6, 6.07) is 0. The van der Waals surface area contributed by atoms with Crippen molar-refractivity contribution in [3.05, 3.63) is 11.8 Å². The maximum absolute atomic E-state index is 12.3. The molecule has 15 heteroatoms. The zero-order valence-electron chi connectivity index (χ0n) is 21.8. The van der Waals surface area contributed by atoms with Crippen LogP contribution >= 0.6 is 0 Å². The first-order valence-corrected chi connectivity index (χ1v) is 11.4. The fourth-order valence-electron chi connectivity index (χ4n) is 3.77. The van der Waals surface area contributed by atoms with E-state index < -0.39 is 90.8 Å². The monoisotopic (exact) mass is 546 g/mol. The van der Waals surface area contributed by atoms with Gasteiger partial charge in [-0.15, -0.1) is 0 Å². The van der Waals surface area contributed by atoms with Gasteiger partial charge in [0.1, 0.15) is 0 Å². The van der Waals surface area contributed by atoms with Crippen LogP contribution in [0.2, 0.25) is 0 Å². The molecule has 0 radical (unpaired) electrons. The van der Waals surface area contributed by atoms with E-state index in [0.29, 0.717) is 0 Å². The van der Waals surface area contributed by atoms with Crippen LogP contribution in [0.1, 0.15) is 41.5 Å². The Bertz CT molecular complexity index is 972. The second kappa shape index (κ2) is 13.2. The van der Waals surface area contributed by atoms with E-state index in [1.165, 1.54) is 6.92 Å². The van der Waals surface area contributed by atoms with Gasteiger partial charge in [-0.25, -0.2) is 4.79 Å². The Balaban J connectivity index is 2.58. The molecule has 0 unspecified atom stereocenters. The Labute approximate surface area is 217 Å². The Morgan fingerprint density at radius 3 is 1.66 bits per heavy atom. The predicted molar refractivity (Wildman–Crippen MR) is 118 cm³/mol. The average Bonchev–Trinajstić information content (AvgIpc) is 2.78. The van der Waals surface area contributed by atoms with Gasteiger partial charge >= 0.3 is 35.8 Å². The lowest BCUT2D eigenvalue weighted by atomic mass is 9.98. The first kappa shape index (κ1) is 30.5. The number of methoxy groups -OCH3 is 1. The Hall–Kier alpha value is -3.72. The van der Waals surface area contributed by atoms with Crippen molar-refractivity contribution in [2.45, 2.75) is 90.7 Å². The van der Waals surface area contributed by atoms with Crippen molar-refractivity contribution in [1.82, 2.24) is 0 Å². The van der Waals surface area contributed by atoms with Gasteiger partial charge in [0.15, 0.2) is 24.4 Å². The molecule has 0 aromatic heterocycles. The van der Waals surface area contributed by atoms with E-state index in [2.05, 4.69) is 4.74 Å². The number of ether oxygens (including phenoxy) is 9. The molecule has 0 saturated carbocycles. The summed E-state index contributed by atoms with van der Waals surface area (Å²) in [5.74, 6) is -5.46. The first-order chi connectivity index (χ1) is 17.7. The van der Waals surface area contributed by atoms with Crippen molar-refractivity contribution >= 4 is 35.8 Å². The summed E-state index contributed by atoms with van der Waals surface area (Å²) in [4.78, 5) is 71.5. The maximum Gasteiger partial charge on any atom is 0.373 e. The third-order valence-electron chi connectivity index (χ3n) is 5.05. The fourth-order valence-corrected chi connectivity index (χ4v) is 3.77. The molecule has 0 spiro atoms. The van der Waals surface area contributed by atoms with Gasteiger partial charge in [0.25, 0.3) is 0 Å². The molecule has 1 fully saturated rings. The summed E-state index contributed by atoms with van der Waals surface area (Å²) in [5.41, 5.74) is 0. The minimum atomic E-state index is -1.74. The summed E-state index contributed by atoms with van der Waals surface area (Å²) in [6.07, 6.45) is -10.4. The lowest BCUT2D eigenvalue weighted by Gasteiger charge is -2.45. The SMILES string of the molecule is COC(=O)C1=C[C@H](OC(C)=O)[C@@H](OC(C)=O)[C@@H](O[C@H]2[C@@H](OC(C)=O)O[C@@H](C)[C@H](OC(C)=O)[C@H]2OC(C)=O)O1. The zero-order chi connectivity index (χ0) is 28.7. The summed E-state index contributed by atoms with van der Waals surface area (Å²) < 4.78 is 48.2. The van der Waals surface area contributed by atoms with Crippen LogP contribution in [0.5, 0.6) is 0 Å². The smallest absolute Gasteiger partial charge is 0.373 e. The van der Waals surface area contributed by atoms with Crippen molar-refractivity contribution in [3.63, 3.8) is 0 Å². The van der Waals surface area contributed by atoms with Gasteiger partial charge in [0.05, 0.1) is 13.2 Å². The number of carbonyl (C=O) groups is 6. The lowest BCUT2D eigenvalue weighted by molar-refractivity contribution is -0.333. The van der Waals surface area contributed by atoms with Crippen LogP contribution in [0, 0.1) is 0 Å². The van der Waals surface area contributed by atoms with Gasteiger partial charge in [-0.1, -0.05) is 0 Å². The van der Waals surface area contributed by atoms with E-state index in [4.69, 9.17) is 37.9 Å². The van der Waals surface area contributed by atoms with E-state index in [1.54, 1.807) is 0 Å². The summed E-state index contributed by atoms with van der Waals surface area (Å²) in [5, 5.41) is 0. The molecule has 2 aliphatic heterocycles. The molecule has 212 valence electrons. The number of hydrogen-bond donors (Lipinski definition) is 0. The number of esters is 6. The molecule has 2 aliphatic rings. The molecule has 0 aliphatic carbocycles. The Kier molecular flexibility index (Phi) is 10.6. The minimum Gasteiger partial charge on any atom is -0.463 e. The molecule has 2 heterocycles. The number of hydrogen-bond acceptors (Lipinski definition) is 15. The highest BCUT2D eigenvalue weighted by atomic mass is 16.8. The highest BCUT2D eigenvalue weighted by molar-refractivity contribution is 5.86. The largest absolute Gasteiger partial charge is 0.463 e. The van der Waals surface area contributed by atoms with E-state index in [9.17, 15) is 28.8 Å². The van der Waals surface area contributed by atoms with Gasteiger partial charge in [0.2, 0.25) is 24.4 Å². The van der Waals surface area contributed by atoms with E-state index in [1.807, 2.05) is 0 Å². The fraction of sp³-hybridized carbons (Fsp3) is 0.652. The molecule has 2 rings (SSSR count). The first-order valence-electron chi connectivity index (χ1n) is 11.4. The zero-order valence-corrected chi connectivity index (χ0v) is 21.8. The number of carbonyl (C=O) groups excluding carboxylic acids is 6. The molecule has 38 heavy (non-hydrogen) atoms. The van der Waals surface area contributed by atoms with Gasteiger partial charge in [0, 0.05) is 40.7 Å². The Morgan fingerprint density at radius 1 is 0.658 bits per heavy atom. The van der Waals surface area contributed by atoms with Crippen LogP contribution in [0.3, 0.4) is 0 Å². The van der Waals surface area contributed by atoms with E-state index in [0.717, 1.165) is 47.8 Å². The minimum absolute atomic E-state index is 0.471. The summed E-state index contributed by atoms with van der Waals surface area (Å²) >= 11 is 0. The van der Waals surface area contributed by atoms with Crippen LogP contribution in [-0.4, -0.2) is 92.1 Å². The second-order valence-electron chi connectivity index (χ2n) is 8.22. The molecule has 0 aromatic rings. The normalized spacial score (nSPS) is 30.4. The molecule has 0 aromatic carbocycles. The van der Waals surface area contributed by atoms with Crippen molar-refractivity contribution in [1.29, 1.82) is 0 Å². The van der Waals surface area contributed by atoms with Crippen molar-refractivity contribution in [2.24, 2.45) is 0 Å². The van der Waals surface area contributed by atoms with Gasteiger partial charge in [-0.05, 0) is 6.92 Å². The van der Waals surface area contributed by atoms with Gasteiger partial charge < -0.3 is 42.6 Å². The molecular formula is C23H30O15. The van der Waals surface area contributed by atoms with Crippen LogP contribution in [0.4, 0.5) is 0 Å². The van der Waals surface area contributed by atoms with Crippen molar-refractivity contribution in [2.75, 3.05) is 7.11 Å². The lowest BCUT2D eigenvalue weighted by Crippen LogP contribution is -2.63. The molecular weight excluding hydrogens is 516 g/mol. The highest BCUT2D eigenvalue weighted by Gasteiger charge is 2.54. The number of rotatable bonds is 8. The average molecular weight is 546 g/mol. The molecule has 0 N–H and O–H groups in total.